The van der Waals surface area contributed by atoms with Gasteiger partial charge in [-0.2, -0.15) is 0 Å². The second-order valence-electron chi connectivity index (χ2n) is 6.39. The van der Waals surface area contributed by atoms with Crippen molar-refractivity contribution in [2.24, 2.45) is 5.92 Å². The summed E-state index contributed by atoms with van der Waals surface area (Å²) in [5.74, 6) is -1.93. The van der Waals surface area contributed by atoms with E-state index in [1.807, 2.05) is 44.2 Å². The first kappa shape index (κ1) is 18.7. The van der Waals surface area contributed by atoms with Crippen molar-refractivity contribution in [3.05, 3.63) is 48.2 Å². The molecule has 0 amide bonds. The zero-order valence-corrected chi connectivity index (χ0v) is 14.3. The molecule has 0 aliphatic rings. The van der Waals surface area contributed by atoms with Gasteiger partial charge in [0.05, 0.1) is 0 Å². The maximum Gasteiger partial charge on any atom is 0.320 e. The molecule has 0 aliphatic carbocycles. The van der Waals surface area contributed by atoms with Gasteiger partial charge in [0.2, 0.25) is 0 Å². The Hall–Kier alpha value is -2.60. The smallest absolute Gasteiger partial charge is 0.320 e. The van der Waals surface area contributed by atoms with E-state index in [2.05, 4.69) is 5.32 Å². The number of nitrogens with one attached hydrogen (secondary N) is 1. The zero-order chi connectivity index (χ0) is 18.4. The molecule has 0 saturated heterocycles. The van der Waals surface area contributed by atoms with Crippen molar-refractivity contribution < 1.29 is 24.2 Å². The predicted octanol–water partition coefficient (Wildman–Crippen LogP) is 3.20. The number of benzene rings is 1. The minimum absolute atomic E-state index is 0.0131. The summed E-state index contributed by atoms with van der Waals surface area (Å²) in [5.41, 5.74) is 0.856. The third-order valence-corrected chi connectivity index (χ3v) is 3.90. The molecule has 0 radical (unpaired) electrons. The normalized spacial score (nSPS) is 13.6. The van der Waals surface area contributed by atoms with Crippen molar-refractivity contribution in [1.82, 2.24) is 5.32 Å². The Morgan fingerprint density at radius 1 is 1.04 bits per heavy atom. The average Bonchev–Trinajstić information content (AvgIpc) is 3.03. The Morgan fingerprint density at radius 2 is 1.72 bits per heavy atom. The van der Waals surface area contributed by atoms with Crippen LogP contribution in [0.5, 0.6) is 0 Å². The molecular formula is C19H23NO5. The molecule has 3 N–H and O–H groups in total. The first-order valence-corrected chi connectivity index (χ1v) is 8.22. The number of aliphatic carboxylic acids is 2. The molecule has 6 heteroatoms. The van der Waals surface area contributed by atoms with E-state index in [0.29, 0.717) is 17.9 Å². The Kier molecular flexibility index (Phi) is 6.36. The lowest BCUT2D eigenvalue weighted by Crippen LogP contribution is -2.41. The van der Waals surface area contributed by atoms with Gasteiger partial charge in [-0.15, -0.1) is 0 Å². The third kappa shape index (κ3) is 5.19. The SMILES string of the molecule is CC(C)CC(NCC(C(=O)O)c1ccc(-c2ccccc2)o1)C(=O)O. The van der Waals surface area contributed by atoms with Crippen molar-refractivity contribution in [2.45, 2.75) is 32.2 Å². The molecule has 134 valence electrons. The fourth-order valence-electron chi connectivity index (χ4n) is 2.61. The number of furan rings is 1. The highest BCUT2D eigenvalue weighted by molar-refractivity contribution is 5.77. The topological polar surface area (TPSA) is 99.8 Å². The van der Waals surface area contributed by atoms with Crippen LogP contribution < -0.4 is 5.32 Å². The fourth-order valence-corrected chi connectivity index (χ4v) is 2.61. The molecule has 0 saturated carbocycles. The molecule has 2 rings (SSSR count). The number of carbonyl (C=O) groups is 2. The Morgan fingerprint density at radius 3 is 2.28 bits per heavy atom. The average molecular weight is 345 g/mol. The fraction of sp³-hybridized carbons (Fsp3) is 0.368. The lowest BCUT2D eigenvalue weighted by Gasteiger charge is -2.18. The minimum Gasteiger partial charge on any atom is -0.481 e. The van der Waals surface area contributed by atoms with Gasteiger partial charge in [0.25, 0.3) is 0 Å². The summed E-state index contributed by atoms with van der Waals surface area (Å²) in [7, 11) is 0. The molecule has 6 nitrogen and oxygen atoms in total. The van der Waals surface area contributed by atoms with Crippen LogP contribution in [0.15, 0.2) is 46.9 Å². The summed E-state index contributed by atoms with van der Waals surface area (Å²) in [5, 5.41) is 21.6. The summed E-state index contributed by atoms with van der Waals surface area (Å²) in [6, 6.07) is 11.9. The second-order valence-corrected chi connectivity index (χ2v) is 6.39. The molecule has 25 heavy (non-hydrogen) atoms. The van der Waals surface area contributed by atoms with Crippen LogP contribution in [-0.4, -0.2) is 34.7 Å². The number of carboxylic acids is 2. The van der Waals surface area contributed by atoms with Gasteiger partial charge in [0.15, 0.2) is 0 Å². The molecule has 0 aliphatic heterocycles. The lowest BCUT2D eigenvalue weighted by atomic mass is 10.0. The van der Waals surface area contributed by atoms with Gasteiger partial charge in [0.1, 0.15) is 23.5 Å². The van der Waals surface area contributed by atoms with Crippen LogP contribution in [0.25, 0.3) is 11.3 Å². The number of hydrogen-bond acceptors (Lipinski definition) is 4. The van der Waals surface area contributed by atoms with Crippen LogP contribution in [0.3, 0.4) is 0 Å². The zero-order valence-electron chi connectivity index (χ0n) is 14.3. The van der Waals surface area contributed by atoms with Crippen molar-refractivity contribution in [3.8, 4) is 11.3 Å². The summed E-state index contributed by atoms with van der Waals surface area (Å²) in [6.45, 7) is 3.83. The van der Waals surface area contributed by atoms with Gasteiger partial charge in [-0.25, -0.2) is 0 Å². The summed E-state index contributed by atoms with van der Waals surface area (Å²) < 4.78 is 5.70. The Bertz CT molecular complexity index is 708. The van der Waals surface area contributed by atoms with Crippen LogP contribution in [-0.2, 0) is 9.59 Å². The molecule has 1 aromatic carbocycles. The molecule has 1 heterocycles. The van der Waals surface area contributed by atoms with Crippen LogP contribution >= 0.6 is 0 Å². The van der Waals surface area contributed by atoms with Crippen molar-refractivity contribution in [2.75, 3.05) is 6.54 Å². The summed E-state index contributed by atoms with van der Waals surface area (Å²) in [6.07, 6.45) is 0.426. The first-order valence-electron chi connectivity index (χ1n) is 8.22. The van der Waals surface area contributed by atoms with Gasteiger partial charge in [-0.05, 0) is 24.5 Å². The minimum atomic E-state index is -1.06. The van der Waals surface area contributed by atoms with E-state index < -0.39 is 23.9 Å². The standard InChI is InChI=1S/C19H23NO5/c1-12(2)10-15(19(23)24)20-11-14(18(21)22)17-9-8-16(25-17)13-6-4-3-5-7-13/h3-9,12,14-15,20H,10-11H2,1-2H3,(H,21,22)(H,23,24). The second kappa shape index (κ2) is 8.48. The Labute approximate surface area is 146 Å². The van der Waals surface area contributed by atoms with Crippen molar-refractivity contribution >= 4 is 11.9 Å². The lowest BCUT2D eigenvalue weighted by molar-refractivity contribution is -0.142. The van der Waals surface area contributed by atoms with E-state index in [1.165, 1.54) is 0 Å². The molecule has 0 fully saturated rings. The number of hydrogen-bond donors (Lipinski definition) is 3. The molecule has 2 atom stereocenters. The van der Waals surface area contributed by atoms with Gasteiger partial charge < -0.3 is 19.9 Å². The van der Waals surface area contributed by atoms with Gasteiger partial charge in [-0.1, -0.05) is 44.2 Å². The molecule has 2 aromatic rings. The van der Waals surface area contributed by atoms with Crippen LogP contribution in [0.2, 0.25) is 0 Å². The quantitative estimate of drug-likeness (QED) is 0.645. The largest absolute Gasteiger partial charge is 0.481 e. The van der Waals surface area contributed by atoms with Gasteiger partial charge in [-0.3, -0.25) is 9.59 Å². The third-order valence-electron chi connectivity index (χ3n) is 3.90. The highest BCUT2D eigenvalue weighted by Crippen LogP contribution is 2.26. The van der Waals surface area contributed by atoms with E-state index in [0.717, 1.165) is 5.56 Å². The maximum atomic E-state index is 11.6. The predicted molar refractivity (Wildman–Crippen MR) is 93.4 cm³/mol. The van der Waals surface area contributed by atoms with Crippen LogP contribution in [0.1, 0.15) is 31.9 Å². The first-order chi connectivity index (χ1) is 11.9. The summed E-state index contributed by atoms with van der Waals surface area (Å²) >= 11 is 0. The van der Waals surface area contributed by atoms with E-state index in [4.69, 9.17) is 4.42 Å². The molecule has 1 aromatic heterocycles. The van der Waals surface area contributed by atoms with Gasteiger partial charge in [0, 0.05) is 12.1 Å². The highest BCUT2D eigenvalue weighted by Gasteiger charge is 2.27. The molecule has 0 bridgehead atoms. The Balaban J connectivity index is 2.12. The monoisotopic (exact) mass is 345 g/mol. The number of carboxylic acid groups (broad SMARTS) is 2. The van der Waals surface area contributed by atoms with E-state index in [9.17, 15) is 19.8 Å². The van der Waals surface area contributed by atoms with Crippen LogP contribution in [0, 0.1) is 5.92 Å². The molecule has 0 spiro atoms. The van der Waals surface area contributed by atoms with Crippen LogP contribution in [0.4, 0.5) is 0 Å². The summed E-state index contributed by atoms with van der Waals surface area (Å²) in [4.78, 5) is 22.9. The van der Waals surface area contributed by atoms with Gasteiger partial charge >= 0.3 is 11.9 Å². The van der Waals surface area contributed by atoms with Crippen molar-refractivity contribution in [3.63, 3.8) is 0 Å². The highest BCUT2D eigenvalue weighted by atomic mass is 16.4. The number of rotatable bonds is 9. The maximum absolute atomic E-state index is 11.6. The van der Waals surface area contributed by atoms with E-state index >= 15 is 0 Å². The molecule has 2 unspecified atom stereocenters. The van der Waals surface area contributed by atoms with E-state index in [-0.39, 0.29) is 12.5 Å². The van der Waals surface area contributed by atoms with Crippen molar-refractivity contribution in [1.29, 1.82) is 0 Å². The van der Waals surface area contributed by atoms with E-state index in [1.54, 1.807) is 12.1 Å². The molecular weight excluding hydrogens is 322 g/mol.